The minimum atomic E-state index is 0.212. The molecule has 0 aliphatic heterocycles. The van der Waals surface area contributed by atoms with Crippen molar-refractivity contribution in [2.75, 3.05) is 0 Å². The number of nitrogens with zero attached hydrogens (tertiary/aromatic N) is 1. The van der Waals surface area contributed by atoms with Crippen LogP contribution in [0.4, 0.5) is 0 Å². The van der Waals surface area contributed by atoms with Crippen LogP contribution in [-0.4, -0.2) is 10.2 Å². The highest BCUT2D eigenvalue weighted by Gasteiger charge is 2.09. The van der Waals surface area contributed by atoms with E-state index in [-0.39, 0.29) is 6.04 Å². The molecule has 0 amide bonds. The van der Waals surface area contributed by atoms with Crippen LogP contribution in [0.25, 0.3) is 0 Å². The predicted octanol–water partition coefficient (Wildman–Crippen LogP) is 2.42. The number of hydrogen-bond acceptors (Lipinski definition) is 3. The third kappa shape index (κ3) is 2.52. The Morgan fingerprint density at radius 3 is 2.94 bits per heavy atom. The summed E-state index contributed by atoms with van der Waals surface area (Å²) in [5, 5.41) is 10.2. The highest BCUT2D eigenvalue weighted by Crippen LogP contribution is 2.16. The summed E-state index contributed by atoms with van der Waals surface area (Å²) >= 11 is 0. The summed E-state index contributed by atoms with van der Waals surface area (Å²) in [5.74, 6) is 2.02. The van der Waals surface area contributed by atoms with Crippen molar-refractivity contribution >= 4 is 0 Å². The summed E-state index contributed by atoms with van der Waals surface area (Å²) in [5.41, 5.74) is 1.08. The number of rotatable bonds is 5. The van der Waals surface area contributed by atoms with Crippen molar-refractivity contribution in [1.82, 2.24) is 15.5 Å². The van der Waals surface area contributed by atoms with Crippen LogP contribution in [0.15, 0.2) is 28.8 Å². The quantitative estimate of drug-likeness (QED) is 0.812. The van der Waals surface area contributed by atoms with Gasteiger partial charge in [0.25, 0.3) is 0 Å². The molecule has 0 spiro atoms. The molecule has 0 aromatic carbocycles. The van der Waals surface area contributed by atoms with Gasteiger partial charge in [-0.15, -0.1) is 0 Å². The van der Waals surface area contributed by atoms with Gasteiger partial charge in [0, 0.05) is 24.9 Å². The maximum absolute atomic E-state index is 5.68. The summed E-state index contributed by atoms with van der Waals surface area (Å²) < 4.78 is 5.68. The average Bonchev–Trinajstić information content (AvgIpc) is 2.96. The molecule has 0 saturated carbocycles. The summed E-state index contributed by atoms with van der Waals surface area (Å²) in [6.45, 7) is 4.95. The molecule has 16 heavy (non-hydrogen) atoms. The highest BCUT2D eigenvalue weighted by atomic mass is 16.3. The number of aryl methyl sites for hydroxylation is 1. The number of H-pyrrole nitrogens is 1. The standard InChI is InChI=1S/C12H17N3O/c1-3-11-4-5-12(16-11)9(2)13-8-10-6-7-14-15-10/h4-7,9,13H,3,8H2,1-2H3,(H,14,15). The first kappa shape index (κ1) is 11.0. The van der Waals surface area contributed by atoms with Gasteiger partial charge in [-0.1, -0.05) is 6.92 Å². The molecule has 2 aromatic heterocycles. The maximum Gasteiger partial charge on any atom is 0.120 e. The van der Waals surface area contributed by atoms with Gasteiger partial charge in [-0.05, 0) is 25.1 Å². The zero-order chi connectivity index (χ0) is 11.4. The van der Waals surface area contributed by atoms with E-state index in [9.17, 15) is 0 Å². The van der Waals surface area contributed by atoms with Gasteiger partial charge < -0.3 is 9.73 Å². The smallest absolute Gasteiger partial charge is 0.120 e. The maximum atomic E-state index is 5.68. The second-order valence-electron chi connectivity index (χ2n) is 3.84. The van der Waals surface area contributed by atoms with Crippen LogP contribution in [0.5, 0.6) is 0 Å². The van der Waals surface area contributed by atoms with Gasteiger partial charge in [0.05, 0.1) is 6.04 Å². The summed E-state index contributed by atoms with van der Waals surface area (Å²) in [7, 11) is 0. The molecule has 4 nitrogen and oxygen atoms in total. The molecule has 0 aliphatic carbocycles. The Bertz CT molecular complexity index is 419. The molecule has 0 saturated heterocycles. The Labute approximate surface area is 95.1 Å². The van der Waals surface area contributed by atoms with Gasteiger partial charge in [-0.2, -0.15) is 5.10 Å². The van der Waals surface area contributed by atoms with Crippen LogP contribution in [0.1, 0.15) is 37.1 Å². The number of aromatic nitrogens is 2. The van der Waals surface area contributed by atoms with Gasteiger partial charge in [0.15, 0.2) is 0 Å². The summed E-state index contributed by atoms with van der Waals surface area (Å²) in [6, 6.07) is 6.23. The SMILES string of the molecule is CCc1ccc(C(C)NCc2ccn[nH]2)o1. The van der Waals surface area contributed by atoms with Crippen molar-refractivity contribution in [3.8, 4) is 0 Å². The van der Waals surface area contributed by atoms with Gasteiger partial charge in [0.1, 0.15) is 11.5 Å². The second kappa shape index (κ2) is 4.99. The first-order valence-electron chi connectivity index (χ1n) is 5.60. The largest absolute Gasteiger partial charge is 0.464 e. The van der Waals surface area contributed by atoms with E-state index in [2.05, 4.69) is 29.4 Å². The molecule has 2 rings (SSSR count). The third-order valence-corrected chi connectivity index (χ3v) is 2.61. The molecule has 2 aromatic rings. The average molecular weight is 219 g/mol. The van der Waals surface area contributed by atoms with Crippen molar-refractivity contribution in [2.24, 2.45) is 0 Å². The van der Waals surface area contributed by atoms with Crippen molar-refractivity contribution in [3.63, 3.8) is 0 Å². The van der Waals surface area contributed by atoms with Crippen LogP contribution >= 0.6 is 0 Å². The van der Waals surface area contributed by atoms with Crippen molar-refractivity contribution in [2.45, 2.75) is 32.9 Å². The third-order valence-electron chi connectivity index (χ3n) is 2.61. The molecule has 2 heterocycles. The lowest BCUT2D eigenvalue weighted by atomic mass is 10.2. The predicted molar refractivity (Wildman–Crippen MR) is 61.9 cm³/mol. The molecule has 0 aliphatic rings. The van der Waals surface area contributed by atoms with E-state index in [1.807, 2.05) is 18.2 Å². The minimum Gasteiger partial charge on any atom is -0.464 e. The molecule has 2 N–H and O–H groups in total. The Kier molecular flexibility index (Phi) is 3.41. The monoisotopic (exact) mass is 219 g/mol. The van der Waals surface area contributed by atoms with E-state index in [1.165, 1.54) is 0 Å². The van der Waals surface area contributed by atoms with E-state index in [0.29, 0.717) is 0 Å². The topological polar surface area (TPSA) is 53.9 Å². The Morgan fingerprint density at radius 1 is 1.44 bits per heavy atom. The number of furan rings is 1. The van der Waals surface area contributed by atoms with E-state index in [0.717, 1.165) is 30.2 Å². The minimum absolute atomic E-state index is 0.212. The number of hydrogen-bond donors (Lipinski definition) is 2. The van der Waals surface area contributed by atoms with Crippen molar-refractivity contribution < 1.29 is 4.42 Å². The van der Waals surface area contributed by atoms with Crippen molar-refractivity contribution in [3.05, 3.63) is 41.6 Å². The first-order valence-corrected chi connectivity index (χ1v) is 5.60. The van der Waals surface area contributed by atoms with Gasteiger partial charge in [-0.3, -0.25) is 5.10 Å². The fraction of sp³-hybridized carbons (Fsp3) is 0.417. The molecule has 1 unspecified atom stereocenters. The van der Waals surface area contributed by atoms with E-state index in [4.69, 9.17) is 4.42 Å². The number of nitrogens with one attached hydrogen (secondary N) is 2. The molecular weight excluding hydrogens is 202 g/mol. The molecule has 86 valence electrons. The molecule has 4 heteroatoms. The fourth-order valence-electron chi connectivity index (χ4n) is 1.56. The summed E-state index contributed by atoms with van der Waals surface area (Å²) in [4.78, 5) is 0. The molecular formula is C12H17N3O. The first-order chi connectivity index (χ1) is 7.79. The Balaban J connectivity index is 1.90. The lowest BCUT2D eigenvalue weighted by Gasteiger charge is -2.09. The van der Waals surface area contributed by atoms with Gasteiger partial charge >= 0.3 is 0 Å². The molecule has 0 fully saturated rings. The van der Waals surface area contributed by atoms with Gasteiger partial charge in [0.2, 0.25) is 0 Å². The molecule has 0 radical (unpaired) electrons. The number of aromatic amines is 1. The van der Waals surface area contributed by atoms with E-state index in [1.54, 1.807) is 6.20 Å². The Morgan fingerprint density at radius 2 is 2.31 bits per heavy atom. The van der Waals surface area contributed by atoms with Crippen LogP contribution in [-0.2, 0) is 13.0 Å². The summed E-state index contributed by atoms with van der Waals surface area (Å²) in [6.07, 6.45) is 2.69. The Hall–Kier alpha value is -1.55. The normalized spacial score (nSPS) is 12.9. The lowest BCUT2D eigenvalue weighted by Crippen LogP contribution is -2.17. The van der Waals surface area contributed by atoms with E-state index < -0.39 is 0 Å². The zero-order valence-corrected chi connectivity index (χ0v) is 9.66. The van der Waals surface area contributed by atoms with Crippen molar-refractivity contribution in [1.29, 1.82) is 0 Å². The highest BCUT2D eigenvalue weighted by molar-refractivity contribution is 5.10. The fourth-order valence-corrected chi connectivity index (χ4v) is 1.56. The van der Waals surface area contributed by atoms with E-state index >= 15 is 0 Å². The van der Waals surface area contributed by atoms with Gasteiger partial charge in [-0.25, -0.2) is 0 Å². The van der Waals surface area contributed by atoms with Crippen LogP contribution in [0, 0.1) is 0 Å². The molecule has 1 atom stereocenters. The van der Waals surface area contributed by atoms with Crippen LogP contribution < -0.4 is 5.32 Å². The lowest BCUT2D eigenvalue weighted by molar-refractivity contribution is 0.407. The zero-order valence-electron chi connectivity index (χ0n) is 9.66. The van der Waals surface area contributed by atoms with Crippen LogP contribution in [0.2, 0.25) is 0 Å². The van der Waals surface area contributed by atoms with Crippen LogP contribution in [0.3, 0.4) is 0 Å². The molecule has 0 bridgehead atoms. The second-order valence-corrected chi connectivity index (χ2v) is 3.84.